The van der Waals surface area contributed by atoms with Crippen molar-refractivity contribution in [2.24, 2.45) is 5.73 Å². The number of rotatable bonds is 7. The fraction of sp³-hybridized carbons (Fsp3) is 0.353. The van der Waals surface area contributed by atoms with Gasteiger partial charge >= 0.3 is 0 Å². The van der Waals surface area contributed by atoms with Gasteiger partial charge in [-0.15, -0.1) is 0 Å². The second kappa shape index (κ2) is 7.64. The van der Waals surface area contributed by atoms with Gasteiger partial charge in [0.25, 0.3) is 0 Å². The molecule has 2 aromatic rings. The highest BCUT2D eigenvalue weighted by molar-refractivity contribution is 5.43. The summed E-state index contributed by atoms with van der Waals surface area (Å²) in [6.07, 6.45) is 4.48. The molecule has 0 saturated heterocycles. The van der Waals surface area contributed by atoms with Gasteiger partial charge in [0.1, 0.15) is 6.61 Å². The first-order valence-corrected chi connectivity index (χ1v) is 7.22. The summed E-state index contributed by atoms with van der Waals surface area (Å²) in [4.78, 5) is 4.17. The molecule has 0 atom stereocenters. The zero-order chi connectivity index (χ0) is 15.1. The molecule has 1 aromatic carbocycles. The van der Waals surface area contributed by atoms with Crippen molar-refractivity contribution < 1.29 is 9.47 Å². The van der Waals surface area contributed by atoms with Gasteiger partial charge in [-0.25, -0.2) is 0 Å². The molecular weight excluding hydrogens is 264 g/mol. The third kappa shape index (κ3) is 4.46. The van der Waals surface area contributed by atoms with Crippen LogP contribution in [-0.2, 0) is 13.0 Å². The van der Waals surface area contributed by atoms with Crippen LogP contribution in [-0.4, -0.2) is 18.1 Å². The summed E-state index contributed by atoms with van der Waals surface area (Å²) in [5.41, 5.74) is 8.92. The Morgan fingerprint density at radius 3 is 2.62 bits per heavy atom. The molecule has 1 heterocycles. The molecule has 112 valence electrons. The third-order valence-corrected chi connectivity index (χ3v) is 3.07. The molecule has 0 fully saturated rings. The molecule has 0 saturated carbocycles. The predicted molar refractivity (Wildman–Crippen MR) is 83.7 cm³/mol. The van der Waals surface area contributed by atoms with E-state index in [0.717, 1.165) is 34.6 Å². The molecule has 0 unspecified atom stereocenters. The van der Waals surface area contributed by atoms with Crippen LogP contribution in [0.4, 0.5) is 0 Å². The van der Waals surface area contributed by atoms with Crippen molar-refractivity contribution in [1.29, 1.82) is 0 Å². The number of aromatic nitrogens is 1. The fourth-order valence-corrected chi connectivity index (χ4v) is 2.12. The monoisotopic (exact) mass is 286 g/mol. The molecule has 21 heavy (non-hydrogen) atoms. The van der Waals surface area contributed by atoms with Crippen LogP contribution in [0.25, 0.3) is 0 Å². The minimum absolute atomic E-state index is 0.477. The summed E-state index contributed by atoms with van der Waals surface area (Å²) in [6.45, 7) is 5.69. The molecule has 0 aliphatic rings. The number of pyridine rings is 1. The number of benzene rings is 1. The summed E-state index contributed by atoms with van der Waals surface area (Å²) in [5.74, 6) is 1.52. The van der Waals surface area contributed by atoms with Gasteiger partial charge in [0, 0.05) is 18.0 Å². The van der Waals surface area contributed by atoms with Crippen LogP contribution in [0.5, 0.6) is 11.5 Å². The number of aryl methyl sites for hydroxylation is 1. The molecule has 0 amide bonds. The minimum atomic E-state index is 0.477. The van der Waals surface area contributed by atoms with Crippen molar-refractivity contribution in [3.05, 3.63) is 53.3 Å². The van der Waals surface area contributed by atoms with Crippen LogP contribution in [0, 0.1) is 6.92 Å². The lowest BCUT2D eigenvalue weighted by Crippen LogP contribution is -2.04. The number of hydrogen-bond acceptors (Lipinski definition) is 4. The van der Waals surface area contributed by atoms with Crippen LogP contribution in [0.2, 0.25) is 0 Å². The van der Waals surface area contributed by atoms with Crippen molar-refractivity contribution >= 4 is 0 Å². The lowest BCUT2D eigenvalue weighted by atomic mass is 10.1. The molecule has 0 bridgehead atoms. The summed E-state index contributed by atoms with van der Waals surface area (Å²) in [7, 11) is 0. The number of hydrogen-bond donors (Lipinski definition) is 1. The zero-order valence-electron chi connectivity index (χ0n) is 12.6. The smallest absolute Gasteiger partial charge is 0.161 e. The van der Waals surface area contributed by atoms with E-state index in [-0.39, 0.29) is 0 Å². The van der Waals surface area contributed by atoms with E-state index in [9.17, 15) is 0 Å². The Hall–Kier alpha value is -2.07. The lowest BCUT2D eigenvalue weighted by Gasteiger charge is -2.13. The maximum absolute atomic E-state index is 5.87. The maximum atomic E-state index is 5.87. The first-order chi connectivity index (χ1) is 10.2. The van der Waals surface area contributed by atoms with E-state index in [4.69, 9.17) is 15.2 Å². The summed E-state index contributed by atoms with van der Waals surface area (Å²) in [5, 5.41) is 0. The van der Waals surface area contributed by atoms with Crippen molar-refractivity contribution in [3.63, 3.8) is 0 Å². The Balaban J connectivity index is 2.11. The van der Waals surface area contributed by atoms with Crippen LogP contribution in [0.1, 0.15) is 23.6 Å². The van der Waals surface area contributed by atoms with Crippen molar-refractivity contribution in [2.75, 3.05) is 13.2 Å². The van der Waals surface area contributed by atoms with E-state index in [1.165, 1.54) is 0 Å². The highest BCUT2D eigenvalue weighted by atomic mass is 16.5. The van der Waals surface area contributed by atoms with Crippen LogP contribution >= 0.6 is 0 Å². The molecule has 0 spiro atoms. The van der Waals surface area contributed by atoms with Crippen molar-refractivity contribution in [2.45, 2.75) is 26.9 Å². The number of nitrogens with two attached hydrogens (primary N) is 1. The second-order valence-electron chi connectivity index (χ2n) is 4.91. The van der Waals surface area contributed by atoms with Crippen LogP contribution in [0.15, 0.2) is 36.7 Å². The molecule has 4 heteroatoms. The standard InChI is InChI=1S/C17H22N2O2/c1-3-20-17-9-14(6-7-18)4-5-16(17)21-12-15-8-13(2)10-19-11-15/h4-5,8-11H,3,6-7,12,18H2,1-2H3. The Kier molecular flexibility index (Phi) is 5.58. The third-order valence-electron chi connectivity index (χ3n) is 3.07. The topological polar surface area (TPSA) is 57.4 Å². The molecule has 2 rings (SSSR count). The average molecular weight is 286 g/mol. The maximum Gasteiger partial charge on any atom is 0.161 e. The molecule has 4 nitrogen and oxygen atoms in total. The Morgan fingerprint density at radius 2 is 1.90 bits per heavy atom. The average Bonchev–Trinajstić information content (AvgIpc) is 2.47. The van der Waals surface area contributed by atoms with Gasteiger partial charge in [-0.2, -0.15) is 0 Å². The van der Waals surface area contributed by atoms with Crippen LogP contribution in [0.3, 0.4) is 0 Å². The Bertz CT molecular complexity index is 585. The first kappa shape index (κ1) is 15.3. The lowest BCUT2D eigenvalue weighted by molar-refractivity contribution is 0.269. The van der Waals surface area contributed by atoms with E-state index in [2.05, 4.69) is 11.1 Å². The number of nitrogens with zero attached hydrogens (tertiary/aromatic N) is 1. The first-order valence-electron chi connectivity index (χ1n) is 7.22. The summed E-state index contributed by atoms with van der Waals surface area (Å²) < 4.78 is 11.5. The van der Waals surface area contributed by atoms with Gasteiger partial charge < -0.3 is 15.2 Å². The molecule has 1 aromatic heterocycles. The van der Waals surface area contributed by atoms with Gasteiger partial charge in [-0.05, 0) is 56.1 Å². The molecule has 0 aliphatic heterocycles. The zero-order valence-corrected chi connectivity index (χ0v) is 12.6. The van der Waals surface area contributed by atoms with E-state index in [1.807, 2.05) is 44.4 Å². The van der Waals surface area contributed by atoms with Crippen molar-refractivity contribution in [3.8, 4) is 11.5 Å². The normalized spacial score (nSPS) is 10.4. The molecule has 0 radical (unpaired) electrons. The summed E-state index contributed by atoms with van der Waals surface area (Å²) >= 11 is 0. The molecule has 0 aliphatic carbocycles. The minimum Gasteiger partial charge on any atom is -0.490 e. The highest BCUT2D eigenvalue weighted by Gasteiger charge is 2.07. The predicted octanol–water partition coefficient (Wildman–Crippen LogP) is 2.87. The second-order valence-corrected chi connectivity index (χ2v) is 4.91. The highest BCUT2D eigenvalue weighted by Crippen LogP contribution is 2.29. The largest absolute Gasteiger partial charge is 0.490 e. The van der Waals surface area contributed by atoms with E-state index < -0.39 is 0 Å². The van der Waals surface area contributed by atoms with Gasteiger partial charge in [0.05, 0.1) is 6.61 Å². The fourth-order valence-electron chi connectivity index (χ4n) is 2.12. The van der Waals surface area contributed by atoms with E-state index in [1.54, 1.807) is 0 Å². The summed E-state index contributed by atoms with van der Waals surface area (Å²) in [6, 6.07) is 8.04. The van der Waals surface area contributed by atoms with Gasteiger partial charge in [0.2, 0.25) is 0 Å². The van der Waals surface area contributed by atoms with E-state index in [0.29, 0.717) is 19.8 Å². The molecular formula is C17H22N2O2. The van der Waals surface area contributed by atoms with Crippen LogP contribution < -0.4 is 15.2 Å². The quantitative estimate of drug-likeness (QED) is 0.850. The Morgan fingerprint density at radius 1 is 1.05 bits per heavy atom. The number of ether oxygens (including phenoxy) is 2. The van der Waals surface area contributed by atoms with Gasteiger partial charge in [-0.1, -0.05) is 6.07 Å². The Labute approximate surface area is 125 Å². The molecule has 2 N–H and O–H groups in total. The van der Waals surface area contributed by atoms with Gasteiger partial charge in [0.15, 0.2) is 11.5 Å². The van der Waals surface area contributed by atoms with Gasteiger partial charge in [-0.3, -0.25) is 4.98 Å². The van der Waals surface area contributed by atoms with E-state index >= 15 is 0 Å². The SMILES string of the molecule is CCOc1cc(CCN)ccc1OCc1cncc(C)c1. The van der Waals surface area contributed by atoms with Crippen molar-refractivity contribution in [1.82, 2.24) is 4.98 Å².